The summed E-state index contributed by atoms with van der Waals surface area (Å²) < 4.78 is 4.78. The average molecular weight is 235 g/mol. The summed E-state index contributed by atoms with van der Waals surface area (Å²) in [5, 5.41) is 10.4. The molecule has 0 aliphatic heterocycles. The Hall–Kier alpha value is -2.50. The Morgan fingerprint density at radius 3 is 2.53 bits per heavy atom. The normalized spacial score (nSPS) is 10.1. The Morgan fingerprint density at radius 1 is 1.35 bits per heavy atom. The molecule has 0 saturated carbocycles. The number of hydrogen-bond donors (Lipinski definition) is 0. The smallest absolute Gasteiger partial charge is 0.331 e. The van der Waals surface area contributed by atoms with Crippen LogP contribution in [0.5, 0.6) is 0 Å². The molecule has 0 unspecified atom stereocenters. The topological polar surface area (TPSA) is 86.5 Å². The molecule has 1 aromatic rings. The molecular formula is C11H9NO5. The van der Waals surface area contributed by atoms with Crippen molar-refractivity contribution in [1.29, 1.82) is 0 Å². The lowest BCUT2D eigenvalue weighted by molar-refractivity contribution is -0.384. The molecule has 17 heavy (non-hydrogen) atoms. The first kappa shape index (κ1) is 12.6. The largest absolute Gasteiger partial charge is 0.458 e. The summed E-state index contributed by atoms with van der Waals surface area (Å²) in [6.45, 7) is 0.0000246. The van der Waals surface area contributed by atoms with E-state index in [9.17, 15) is 19.7 Å². The highest BCUT2D eigenvalue weighted by Crippen LogP contribution is 2.12. The van der Waals surface area contributed by atoms with E-state index in [1.54, 1.807) is 0 Å². The van der Waals surface area contributed by atoms with Crippen LogP contribution in [-0.2, 0) is 20.9 Å². The predicted octanol–water partition coefficient (Wildman–Crippen LogP) is 1.39. The van der Waals surface area contributed by atoms with Crippen molar-refractivity contribution < 1.29 is 19.2 Å². The van der Waals surface area contributed by atoms with E-state index in [0.717, 1.165) is 12.2 Å². The molecule has 0 aromatic heterocycles. The van der Waals surface area contributed by atoms with Gasteiger partial charge in [0.1, 0.15) is 12.9 Å². The number of non-ortho nitro benzene ring substituents is 1. The molecule has 0 radical (unpaired) electrons. The zero-order valence-corrected chi connectivity index (χ0v) is 8.74. The quantitative estimate of drug-likeness (QED) is 0.253. The van der Waals surface area contributed by atoms with Crippen molar-refractivity contribution in [3.63, 3.8) is 0 Å². The van der Waals surface area contributed by atoms with Crippen molar-refractivity contribution in [3.8, 4) is 0 Å². The molecule has 0 N–H and O–H groups in total. The number of carbonyl (C=O) groups is 2. The number of hydrogen-bond acceptors (Lipinski definition) is 5. The van der Waals surface area contributed by atoms with Crippen LogP contribution in [0, 0.1) is 10.1 Å². The third-order valence-electron chi connectivity index (χ3n) is 1.84. The summed E-state index contributed by atoms with van der Waals surface area (Å²) in [6, 6.07) is 5.64. The van der Waals surface area contributed by atoms with Crippen molar-refractivity contribution in [3.05, 3.63) is 52.1 Å². The Kier molecular flexibility index (Phi) is 4.56. The highest BCUT2D eigenvalue weighted by molar-refractivity contribution is 5.86. The van der Waals surface area contributed by atoms with E-state index in [0.29, 0.717) is 11.8 Å². The summed E-state index contributed by atoms with van der Waals surface area (Å²) in [7, 11) is 0. The second-order valence-corrected chi connectivity index (χ2v) is 3.03. The van der Waals surface area contributed by atoms with Gasteiger partial charge in [-0.15, -0.1) is 0 Å². The van der Waals surface area contributed by atoms with Crippen LogP contribution in [-0.4, -0.2) is 17.2 Å². The summed E-state index contributed by atoms with van der Waals surface area (Å²) in [4.78, 5) is 30.8. The van der Waals surface area contributed by atoms with Gasteiger partial charge in [0.05, 0.1) is 4.92 Å². The number of nitro groups is 1. The van der Waals surface area contributed by atoms with Gasteiger partial charge in [-0.3, -0.25) is 14.9 Å². The minimum Gasteiger partial charge on any atom is -0.458 e. The minimum absolute atomic E-state index is 0.0000246. The van der Waals surface area contributed by atoms with Crippen molar-refractivity contribution in [2.24, 2.45) is 0 Å². The summed E-state index contributed by atoms with van der Waals surface area (Å²) >= 11 is 0. The van der Waals surface area contributed by atoms with Crippen LogP contribution >= 0.6 is 0 Å². The minimum atomic E-state index is -0.643. The van der Waals surface area contributed by atoms with Crippen molar-refractivity contribution in [1.82, 2.24) is 0 Å². The first-order valence-corrected chi connectivity index (χ1v) is 4.65. The maximum atomic E-state index is 11.0. The number of ether oxygens (including phenoxy) is 1. The molecular weight excluding hydrogens is 226 g/mol. The van der Waals surface area contributed by atoms with E-state index in [4.69, 9.17) is 4.74 Å². The Labute approximate surface area is 96.7 Å². The Bertz CT molecular complexity index is 449. The maximum Gasteiger partial charge on any atom is 0.331 e. The molecule has 0 aliphatic carbocycles. The van der Waals surface area contributed by atoms with Crippen LogP contribution in [0.15, 0.2) is 36.4 Å². The fourth-order valence-corrected chi connectivity index (χ4v) is 1.03. The van der Waals surface area contributed by atoms with E-state index < -0.39 is 10.9 Å². The molecule has 1 rings (SSSR count). The lowest BCUT2D eigenvalue weighted by Gasteiger charge is -2.01. The number of carbonyl (C=O) groups excluding carboxylic acids is 2. The molecule has 0 heterocycles. The van der Waals surface area contributed by atoms with Crippen LogP contribution < -0.4 is 0 Å². The summed E-state index contributed by atoms with van der Waals surface area (Å²) in [6.07, 6.45) is 2.49. The third-order valence-corrected chi connectivity index (χ3v) is 1.84. The number of allylic oxidation sites excluding steroid dienone is 1. The van der Waals surface area contributed by atoms with Gasteiger partial charge in [-0.1, -0.05) is 0 Å². The molecule has 0 atom stereocenters. The monoisotopic (exact) mass is 235 g/mol. The highest BCUT2D eigenvalue weighted by atomic mass is 16.6. The number of esters is 1. The SMILES string of the molecule is O=CC=CC(=O)OCc1ccc([N+](=O)[O-])cc1. The van der Waals surface area contributed by atoms with Gasteiger partial charge in [-0.25, -0.2) is 4.79 Å². The van der Waals surface area contributed by atoms with Gasteiger partial charge in [0, 0.05) is 18.2 Å². The molecule has 0 aliphatic rings. The van der Waals surface area contributed by atoms with E-state index in [2.05, 4.69) is 0 Å². The lowest BCUT2D eigenvalue weighted by Crippen LogP contribution is -2.00. The van der Waals surface area contributed by atoms with Gasteiger partial charge in [0.2, 0.25) is 0 Å². The predicted molar refractivity (Wildman–Crippen MR) is 58.1 cm³/mol. The molecule has 6 heteroatoms. The number of nitrogens with zero attached hydrogens (tertiary/aromatic N) is 1. The first-order chi connectivity index (χ1) is 8.13. The summed E-state index contributed by atoms with van der Waals surface area (Å²) in [5.41, 5.74) is 0.601. The van der Waals surface area contributed by atoms with Gasteiger partial charge in [-0.2, -0.15) is 0 Å². The Balaban J connectivity index is 2.52. The van der Waals surface area contributed by atoms with Gasteiger partial charge in [0.25, 0.3) is 5.69 Å². The number of rotatable bonds is 5. The van der Waals surface area contributed by atoms with E-state index in [1.807, 2.05) is 0 Å². The standard InChI is InChI=1S/C11H9NO5/c13-7-1-2-11(14)17-8-9-3-5-10(6-4-9)12(15)16/h1-7H,8H2. The fourth-order valence-electron chi connectivity index (χ4n) is 1.03. The van der Waals surface area contributed by atoms with Crippen molar-refractivity contribution in [2.45, 2.75) is 6.61 Å². The number of aldehydes is 1. The van der Waals surface area contributed by atoms with Crippen molar-refractivity contribution >= 4 is 17.9 Å². The Morgan fingerprint density at radius 2 is 2.00 bits per heavy atom. The lowest BCUT2D eigenvalue weighted by atomic mass is 10.2. The molecule has 0 saturated heterocycles. The van der Waals surface area contributed by atoms with E-state index >= 15 is 0 Å². The van der Waals surface area contributed by atoms with Crippen LogP contribution in [0.3, 0.4) is 0 Å². The van der Waals surface area contributed by atoms with Gasteiger partial charge in [-0.05, 0) is 23.8 Å². The molecule has 1 aromatic carbocycles. The van der Waals surface area contributed by atoms with E-state index in [-0.39, 0.29) is 12.3 Å². The maximum absolute atomic E-state index is 11.0. The average Bonchev–Trinajstić information content (AvgIpc) is 2.34. The van der Waals surface area contributed by atoms with Gasteiger partial charge < -0.3 is 4.74 Å². The molecule has 0 spiro atoms. The van der Waals surface area contributed by atoms with Crippen molar-refractivity contribution in [2.75, 3.05) is 0 Å². The van der Waals surface area contributed by atoms with Crippen LogP contribution in [0.1, 0.15) is 5.56 Å². The van der Waals surface area contributed by atoms with Crippen LogP contribution in [0.25, 0.3) is 0 Å². The zero-order valence-electron chi connectivity index (χ0n) is 8.74. The molecule has 6 nitrogen and oxygen atoms in total. The number of nitro benzene ring substituents is 1. The zero-order chi connectivity index (χ0) is 12.7. The van der Waals surface area contributed by atoms with Gasteiger partial charge >= 0.3 is 5.97 Å². The van der Waals surface area contributed by atoms with Gasteiger partial charge in [0.15, 0.2) is 0 Å². The van der Waals surface area contributed by atoms with Crippen LogP contribution in [0.4, 0.5) is 5.69 Å². The van der Waals surface area contributed by atoms with Crippen LogP contribution in [0.2, 0.25) is 0 Å². The highest BCUT2D eigenvalue weighted by Gasteiger charge is 2.04. The summed E-state index contributed by atoms with van der Waals surface area (Å²) in [5.74, 6) is -0.643. The molecule has 0 fully saturated rings. The second-order valence-electron chi connectivity index (χ2n) is 3.03. The molecule has 0 bridgehead atoms. The van der Waals surface area contributed by atoms with E-state index in [1.165, 1.54) is 24.3 Å². The fraction of sp³-hybridized carbons (Fsp3) is 0.0909. The second kappa shape index (κ2) is 6.16. The first-order valence-electron chi connectivity index (χ1n) is 4.65. The molecule has 0 amide bonds. The third kappa shape index (κ3) is 4.25. The molecule has 88 valence electrons. The number of benzene rings is 1.